The molecule has 1 fully saturated rings. The van der Waals surface area contributed by atoms with Gasteiger partial charge in [-0.15, -0.1) is 13.2 Å². The van der Waals surface area contributed by atoms with E-state index in [2.05, 4.69) is 15.2 Å². The summed E-state index contributed by atoms with van der Waals surface area (Å²) < 4.78 is 66.7. The van der Waals surface area contributed by atoms with Crippen molar-refractivity contribution in [2.45, 2.75) is 24.1 Å². The molecule has 0 aliphatic carbocycles. The molecular weight excluding hydrogens is 419 g/mol. The number of ether oxygens (including phenoxy) is 1. The molecule has 0 spiro atoms. The third kappa shape index (κ3) is 7.18. The highest BCUT2D eigenvalue weighted by Crippen LogP contribution is 2.26. The lowest BCUT2D eigenvalue weighted by atomic mass is 10.1. The van der Waals surface area contributed by atoms with Crippen molar-refractivity contribution < 1.29 is 41.1 Å². The van der Waals surface area contributed by atoms with Crippen molar-refractivity contribution in [1.82, 2.24) is 9.62 Å². The Morgan fingerprint density at radius 1 is 1.21 bits per heavy atom. The summed E-state index contributed by atoms with van der Waals surface area (Å²) >= 11 is 0. The standard InChI is InChI=1S/C16H20F3N3O6S/c17-16(18,19)28-13-1-3-14(4-2-13)29(25,26)22-8-5-12(6-9-22)21-27-11-15(24)20-7-10-23/h1-4,23H,5-11H2,(H,20,24). The van der Waals surface area contributed by atoms with E-state index in [0.717, 1.165) is 24.3 Å². The van der Waals surface area contributed by atoms with Crippen molar-refractivity contribution in [1.29, 1.82) is 0 Å². The zero-order valence-corrected chi connectivity index (χ0v) is 16.0. The highest BCUT2D eigenvalue weighted by atomic mass is 32.2. The number of hydrogen-bond acceptors (Lipinski definition) is 7. The summed E-state index contributed by atoms with van der Waals surface area (Å²) in [5.74, 6) is -0.953. The molecule has 0 radical (unpaired) electrons. The molecule has 0 unspecified atom stereocenters. The first-order valence-corrected chi connectivity index (χ1v) is 9.97. The molecular formula is C16H20F3N3O6S. The van der Waals surface area contributed by atoms with E-state index in [1.54, 1.807) is 0 Å². The minimum absolute atomic E-state index is 0.106. The minimum atomic E-state index is -4.86. The van der Waals surface area contributed by atoms with E-state index in [4.69, 9.17) is 9.94 Å². The lowest BCUT2D eigenvalue weighted by Gasteiger charge is -2.26. The van der Waals surface area contributed by atoms with Gasteiger partial charge < -0.3 is 20.0 Å². The molecule has 1 aliphatic rings. The number of carbonyl (C=O) groups is 1. The molecule has 0 aromatic heterocycles. The second-order valence-corrected chi connectivity index (χ2v) is 7.87. The van der Waals surface area contributed by atoms with Gasteiger partial charge in [-0.05, 0) is 24.3 Å². The molecule has 0 bridgehead atoms. The molecule has 1 saturated heterocycles. The van der Waals surface area contributed by atoms with Crippen LogP contribution in [0, 0.1) is 0 Å². The van der Waals surface area contributed by atoms with Gasteiger partial charge in [-0.2, -0.15) is 4.31 Å². The van der Waals surface area contributed by atoms with Crippen LogP contribution in [0.5, 0.6) is 5.75 Å². The van der Waals surface area contributed by atoms with Crippen LogP contribution in [0.3, 0.4) is 0 Å². The van der Waals surface area contributed by atoms with E-state index in [-0.39, 0.29) is 50.6 Å². The number of aliphatic hydroxyl groups excluding tert-OH is 1. The summed E-state index contributed by atoms with van der Waals surface area (Å²) in [7, 11) is -3.88. The fourth-order valence-corrected chi connectivity index (χ4v) is 3.91. The van der Waals surface area contributed by atoms with Gasteiger partial charge in [0, 0.05) is 32.5 Å². The number of halogens is 3. The topological polar surface area (TPSA) is 118 Å². The Labute approximate surface area is 165 Å². The Morgan fingerprint density at radius 2 is 1.83 bits per heavy atom. The first kappa shape index (κ1) is 22.9. The molecule has 1 aromatic carbocycles. The summed E-state index contributed by atoms with van der Waals surface area (Å²) in [5.41, 5.74) is 0.584. The van der Waals surface area contributed by atoms with E-state index in [0.29, 0.717) is 5.71 Å². The smallest absolute Gasteiger partial charge is 0.406 e. The summed E-state index contributed by atoms with van der Waals surface area (Å²) in [5, 5.41) is 14.8. The average Bonchev–Trinajstić information content (AvgIpc) is 2.66. The van der Waals surface area contributed by atoms with Crippen molar-refractivity contribution in [2.24, 2.45) is 5.16 Å². The molecule has 0 saturated carbocycles. The second-order valence-electron chi connectivity index (χ2n) is 5.93. The van der Waals surface area contributed by atoms with E-state index < -0.39 is 28.0 Å². The molecule has 1 aliphatic heterocycles. The average molecular weight is 439 g/mol. The number of oxime groups is 1. The number of amides is 1. The van der Waals surface area contributed by atoms with Crippen LogP contribution < -0.4 is 10.1 Å². The van der Waals surface area contributed by atoms with Crippen LogP contribution in [-0.4, -0.2) is 68.7 Å². The summed E-state index contributed by atoms with van der Waals surface area (Å²) in [4.78, 5) is 16.1. The second kappa shape index (κ2) is 9.89. The summed E-state index contributed by atoms with van der Waals surface area (Å²) in [6, 6.07) is 3.97. The normalized spacial score (nSPS) is 15.7. The van der Waals surface area contributed by atoms with Gasteiger partial charge in [0.2, 0.25) is 10.0 Å². The predicted molar refractivity (Wildman–Crippen MR) is 94.6 cm³/mol. The van der Waals surface area contributed by atoms with Crippen molar-refractivity contribution in [3.05, 3.63) is 24.3 Å². The Morgan fingerprint density at radius 3 is 2.38 bits per heavy atom. The molecule has 2 N–H and O–H groups in total. The highest BCUT2D eigenvalue weighted by Gasteiger charge is 2.32. The number of sulfonamides is 1. The van der Waals surface area contributed by atoms with Crippen molar-refractivity contribution >= 4 is 21.6 Å². The van der Waals surface area contributed by atoms with Gasteiger partial charge in [0.05, 0.1) is 17.2 Å². The minimum Gasteiger partial charge on any atom is -0.406 e. The van der Waals surface area contributed by atoms with Gasteiger partial charge >= 0.3 is 6.36 Å². The molecule has 2 rings (SSSR count). The lowest BCUT2D eigenvalue weighted by molar-refractivity contribution is -0.274. The van der Waals surface area contributed by atoms with Gasteiger partial charge in [0.1, 0.15) is 5.75 Å². The van der Waals surface area contributed by atoms with Crippen molar-refractivity contribution in [3.63, 3.8) is 0 Å². The van der Waals surface area contributed by atoms with Crippen LogP contribution in [0.1, 0.15) is 12.8 Å². The number of nitrogens with one attached hydrogen (secondary N) is 1. The summed E-state index contributed by atoms with van der Waals surface area (Å²) in [6.45, 7) is -0.181. The van der Waals surface area contributed by atoms with Crippen LogP contribution in [0.4, 0.5) is 13.2 Å². The van der Waals surface area contributed by atoms with E-state index in [1.165, 1.54) is 4.31 Å². The molecule has 1 aromatic rings. The van der Waals surface area contributed by atoms with Gasteiger partial charge in [0.15, 0.2) is 6.61 Å². The number of piperidine rings is 1. The molecule has 9 nitrogen and oxygen atoms in total. The number of hydrogen-bond donors (Lipinski definition) is 2. The maximum absolute atomic E-state index is 12.6. The molecule has 1 amide bonds. The molecule has 0 atom stereocenters. The van der Waals surface area contributed by atoms with Crippen molar-refractivity contribution in [3.8, 4) is 5.75 Å². The van der Waals surface area contributed by atoms with Gasteiger partial charge in [-0.25, -0.2) is 8.42 Å². The first-order chi connectivity index (χ1) is 13.6. The van der Waals surface area contributed by atoms with Crippen LogP contribution >= 0.6 is 0 Å². The van der Waals surface area contributed by atoms with E-state index in [9.17, 15) is 26.4 Å². The van der Waals surface area contributed by atoms with E-state index >= 15 is 0 Å². The Balaban J connectivity index is 1.89. The summed E-state index contributed by atoms with van der Waals surface area (Å²) in [6.07, 6.45) is -4.29. The van der Waals surface area contributed by atoms with Gasteiger partial charge in [0.25, 0.3) is 5.91 Å². The zero-order chi connectivity index (χ0) is 21.5. The molecule has 1 heterocycles. The number of nitrogens with zero attached hydrogens (tertiary/aromatic N) is 2. The Bertz CT molecular complexity index is 817. The fraction of sp³-hybridized carbons (Fsp3) is 0.500. The predicted octanol–water partition coefficient (Wildman–Crippen LogP) is 0.851. The van der Waals surface area contributed by atoms with Crippen LogP contribution in [0.15, 0.2) is 34.3 Å². The largest absolute Gasteiger partial charge is 0.573 e. The van der Waals surface area contributed by atoms with Crippen LogP contribution in [0.2, 0.25) is 0 Å². The van der Waals surface area contributed by atoms with Crippen LogP contribution in [0.25, 0.3) is 0 Å². The number of benzene rings is 1. The maximum atomic E-state index is 12.6. The molecule has 13 heteroatoms. The number of rotatable bonds is 8. The molecule has 29 heavy (non-hydrogen) atoms. The Kier molecular flexibility index (Phi) is 7.81. The van der Waals surface area contributed by atoms with Crippen LogP contribution in [-0.2, 0) is 19.7 Å². The monoisotopic (exact) mass is 439 g/mol. The van der Waals surface area contributed by atoms with Gasteiger partial charge in [-0.3, -0.25) is 4.79 Å². The zero-order valence-electron chi connectivity index (χ0n) is 15.2. The Hall–Kier alpha value is -2.38. The number of alkyl halides is 3. The first-order valence-electron chi connectivity index (χ1n) is 8.53. The lowest BCUT2D eigenvalue weighted by Crippen LogP contribution is -2.38. The SMILES string of the molecule is O=C(CON=C1CCN(S(=O)(=O)c2ccc(OC(F)(F)F)cc2)CC1)NCCO. The number of carbonyl (C=O) groups excluding carboxylic acids is 1. The van der Waals surface area contributed by atoms with Gasteiger partial charge in [-0.1, -0.05) is 5.16 Å². The van der Waals surface area contributed by atoms with E-state index in [1.807, 2.05) is 0 Å². The van der Waals surface area contributed by atoms with Crippen molar-refractivity contribution in [2.75, 3.05) is 32.8 Å². The quantitative estimate of drug-likeness (QED) is 0.580. The number of aliphatic hydroxyl groups is 1. The third-order valence-electron chi connectivity index (χ3n) is 3.82. The maximum Gasteiger partial charge on any atom is 0.573 e. The molecule has 162 valence electrons. The fourth-order valence-electron chi connectivity index (χ4n) is 2.47. The highest BCUT2D eigenvalue weighted by molar-refractivity contribution is 7.89. The third-order valence-corrected chi connectivity index (χ3v) is 5.73.